The summed E-state index contributed by atoms with van der Waals surface area (Å²) in [6, 6.07) is 0. The lowest BCUT2D eigenvalue weighted by atomic mass is 10.0. The van der Waals surface area contributed by atoms with Crippen molar-refractivity contribution >= 4 is 12.4 Å². The molecule has 0 aliphatic rings. The zero-order valence-corrected chi connectivity index (χ0v) is 18.8. The molecule has 1 N–H and O–H groups in total. The minimum atomic E-state index is 0. The average molecular weight is 380 g/mol. The summed E-state index contributed by atoms with van der Waals surface area (Å²) in [5.41, 5.74) is 0. The molecule has 25 heavy (non-hydrogen) atoms. The Hall–Kier alpha value is 0.210. The van der Waals surface area contributed by atoms with E-state index in [-0.39, 0.29) is 19.0 Å². The quantitative estimate of drug-likeness (QED) is 0.269. The third-order valence-corrected chi connectivity index (χ3v) is 4.46. The van der Waals surface area contributed by atoms with Gasteiger partial charge in [0, 0.05) is 6.61 Å². The molecule has 156 valence electrons. The molecule has 0 radical (unpaired) electrons. The second kappa shape index (κ2) is 29.0. The molecule has 0 aromatic carbocycles. The predicted octanol–water partition coefficient (Wildman–Crippen LogP) is 7.23. The summed E-state index contributed by atoms with van der Waals surface area (Å²) in [5, 5.41) is 7.57. The van der Waals surface area contributed by atoms with Gasteiger partial charge in [0.2, 0.25) is 0 Å². The molecule has 0 unspecified atom stereocenters. The summed E-state index contributed by atoms with van der Waals surface area (Å²) in [6.07, 6.45) is 23.3. The first-order valence-corrected chi connectivity index (χ1v) is 10.9. The van der Waals surface area contributed by atoms with Gasteiger partial charge in [0.05, 0.1) is 0 Å². The Kier molecular flexibility index (Phi) is 34.7. The van der Waals surface area contributed by atoms with Gasteiger partial charge in [-0.15, -0.1) is 12.4 Å². The van der Waals surface area contributed by atoms with E-state index in [9.17, 15) is 0 Å². The molecular weight excluding hydrogens is 330 g/mol. The number of aliphatic hydroxyl groups is 1. The number of unbranched alkanes of at least 4 members (excludes halogenated alkanes) is 15. The fourth-order valence-electron chi connectivity index (χ4n) is 2.98. The Balaban J connectivity index is -0.00000112. The summed E-state index contributed by atoms with van der Waals surface area (Å²) in [4.78, 5) is 2.30. The number of aliphatic hydroxyl groups excluding tert-OH is 1. The van der Waals surface area contributed by atoms with Crippen molar-refractivity contribution in [2.24, 2.45) is 0 Å². The average Bonchev–Trinajstić information content (AvgIpc) is 2.55. The molecule has 0 amide bonds. The summed E-state index contributed by atoms with van der Waals surface area (Å²) in [6.45, 7) is 5.49. The van der Waals surface area contributed by atoms with Crippen molar-refractivity contribution in [2.75, 3.05) is 27.2 Å². The summed E-state index contributed by atoms with van der Waals surface area (Å²) in [7, 11) is 4.34. The van der Waals surface area contributed by atoms with Crippen LogP contribution >= 0.6 is 12.4 Å². The molecule has 0 aromatic rings. The van der Waals surface area contributed by atoms with Crippen molar-refractivity contribution in [1.82, 2.24) is 4.90 Å². The number of nitrogens with zero attached hydrogens (tertiary/aromatic N) is 1. The fraction of sp³-hybridized carbons (Fsp3) is 1.00. The maximum Gasteiger partial charge on any atom is 0.0402 e. The van der Waals surface area contributed by atoms with Crippen molar-refractivity contribution < 1.29 is 5.11 Å². The number of hydrogen-bond donors (Lipinski definition) is 1. The van der Waals surface area contributed by atoms with E-state index in [0.717, 1.165) is 0 Å². The molecule has 0 aliphatic carbocycles. The van der Waals surface area contributed by atoms with Crippen molar-refractivity contribution in [2.45, 2.75) is 117 Å². The number of hydrogen-bond acceptors (Lipinski definition) is 2. The predicted molar refractivity (Wildman–Crippen MR) is 118 cm³/mol. The van der Waals surface area contributed by atoms with Gasteiger partial charge in [-0.05, 0) is 34.0 Å². The largest absolute Gasteiger partial charge is 0.397 e. The zero-order chi connectivity index (χ0) is 18.3. The van der Waals surface area contributed by atoms with Gasteiger partial charge >= 0.3 is 0 Å². The zero-order valence-electron chi connectivity index (χ0n) is 18.0. The van der Waals surface area contributed by atoms with Crippen LogP contribution in [0.1, 0.15) is 117 Å². The second-order valence-corrected chi connectivity index (χ2v) is 7.42. The highest BCUT2D eigenvalue weighted by atomic mass is 35.5. The number of rotatable bonds is 17. The van der Waals surface area contributed by atoms with Crippen LogP contribution in [0.2, 0.25) is 0 Å². The van der Waals surface area contributed by atoms with Gasteiger partial charge in [-0.25, -0.2) is 0 Å². The molecule has 3 heteroatoms. The molecular formula is C22H50ClNO. The van der Waals surface area contributed by atoms with Crippen LogP contribution in [-0.2, 0) is 0 Å². The van der Waals surface area contributed by atoms with E-state index in [1.807, 2.05) is 0 Å². The maximum absolute atomic E-state index is 7.57. The summed E-state index contributed by atoms with van der Waals surface area (Å²) >= 11 is 0. The van der Waals surface area contributed by atoms with E-state index in [4.69, 9.17) is 5.11 Å². The molecule has 0 bridgehead atoms. The van der Waals surface area contributed by atoms with E-state index in [2.05, 4.69) is 25.9 Å². The van der Waals surface area contributed by atoms with Crippen molar-refractivity contribution in [1.29, 1.82) is 0 Å². The van der Waals surface area contributed by atoms with Crippen LogP contribution in [0.5, 0.6) is 0 Å². The molecule has 0 heterocycles. The van der Waals surface area contributed by atoms with Gasteiger partial charge < -0.3 is 10.0 Å². The number of halogens is 1. The monoisotopic (exact) mass is 379 g/mol. The van der Waals surface area contributed by atoms with E-state index in [1.165, 1.54) is 109 Å². The highest BCUT2D eigenvalue weighted by molar-refractivity contribution is 5.85. The lowest BCUT2D eigenvalue weighted by molar-refractivity contribution is 0.318. The molecule has 0 aliphatic heterocycles. The standard InChI is InChI=1S/C20H43N.C2H6O.ClH/c1-4-5-6-7-8-9-10-11-12-13-14-15-16-17-18-19-20-21(2)3;1-2-3;/h4-20H2,1-3H3;3H,2H2,1H3;1H. The summed E-state index contributed by atoms with van der Waals surface area (Å²) in [5.74, 6) is 0. The fourth-order valence-corrected chi connectivity index (χ4v) is 2.98. The van der Waals surface area contributed by atoms with Gasteiger partial charge in [-0.2, -0.15) is 0 Å². The second-order valence-electron chi connectivity index (χ2n) is 7.42. The van der Waals surface area contributed by atoms with E-state index < -0.39 is 0 Å². The van der Waals surface area contributed by atoms with Crippen molar-refractivity contribution in [3.63, 3.8) is 0 Å². The van der Waals surface area contributed by atoms with Gasteiger partial charge in [0.25, 0.3) is 0 Å². The van der Waals surface area contributed by atoms with E-state index >= 15 is 0 Å². The van der Waals surface area contributed by atoms with Crippen molar-refractivity contribution in [3.8, 4) is 0 Å². The van der Waals surface area contributed by atoms with E-state index in [1.54, 1.807) is 6.92 Å². The molecule has 0 spiro atoms. The highest BCUT2D eigenvalue weighted by Gasteiger charge is 1.95. The Morgan fingerprint density at radius 3 is 1.00 bits per heavy atom. The van der Waals surface area contributed by atoms with Gasteiger partial charge in [0.1, 0.15) is 0 Å². The molecule has 0 fully saturated rings. The van der Waals surface area contributed by atoms with Crippen LogP contribution in [0, 0.1) is 0 Å². The van der Waals surface area contributed by atoms with Gasteiger partial charge in [-0.3, -0.25) is 0 Å². The van der Waals surface area contributed by atoms with Crippen LogP contribution in [0.3, 0.4) is 0 Å². The van der Waals surface area contributed by atoms with E-state index in [0.29, 0.717) is 0 Å². The SMILES string of the molecule is CCCCCCCCCCCCCCCCCCN(C)C.CCO.Cl. The molecule has 0 rings (SSSR count). The minimum Gasteiger partial charge on any atom is -0.397 e. The topological polar surface area (TPSA) is 23.5 Å². The van der Waals surface area contributed by atoms with Crippen LogP contribution in [0.15, 0.2) is 0 Å². The van der Waals surface area contributed by atoms with Gasteiger partial charge in [0.15, 0.2) is 0 Å². The third-order valence-electron chi connectivity index (χ3n) is 4.46. The maximum atomic E-state index is 7.57. The van der Waals surface area contributed by atoms with Crippen LogP contribution in [0.25, 0.3) is 0 Å². The molecule has 0 saturated carbocycles. The van der Waals surface area contributed by atoms with Crippen LogP contribution in [-0.4, -0.2) is 37.3 Å². The molecule has 0 atom stereocenters. The smallest absolute Gasteiger partial charge is 0.0402 e. The first-order valence-electron chi connectivity index (χ1n) is 10.9. The summed E-state index contributed by atoms with van der Waals surface area (Å²) < 4.78 is 0. The van der Waals surface area contributed by atoms with Crippen LogP contribution in [0.4, 0.5) is 0 Å². The third kappa shape index (κ3) is 36.0. The molecule has 2 nitrogen and oxygen atoms in total. The Bertz CT molecular complexity index is 200. The Labute approximate surface area is 166 Å². The molecule has 0 saturated heterocycles. The lowest BCUT2D eigenvalue weighted by Gasteiger charge is -2.08. The van der Waals surface area contributed by atoms with Crippen molar-refractivity contribution in [3.05, 3.63) is 0 Å². The Morgan fingerprint density at radius 2 is 0.760 bits per heavy atom. The van der Waals surface area contributed by atoms with Gasteiger partial charge in [-0.1, -0.05) is 103 Å². The highest BCUT2D eigenvalue weighted by Crippen LogP contribution is 2.13. The van der Waals surface area contributed by atoms with Crippen LogP contribution < -0.4 is 0 Å². The lowest BCUT2D eigenvalue weighted by Crippen LogP contribution is -2.12. The first kappa shape index (κ1) is 30.0. The first-order chi connectivity index (χ1) is 11.7. The normalized spacial score (nSPS) is 10.3. The molecule has 0 aromatic heterocycles. The Morgan fingerprint density at radius 1 is 0.520 bits per heavy atom. The minimum absolute atomic E-state index is 0.